The van der Waals surface area contributed by atoms with Gasteiger partial charge in [-0.15, -0.1) is 0 Å². The monoisotopic (exact) mass is 170 g/mol. The number of hydrogen-bond donors (Lipinski definition) is 1. The van der Waals surface area contributed by atoms with Gasteiger partial charge in [-0.3, -0.25) is 0 Å². The molecule has 2 atom stereocenters. The summed E-state index contributed by atoms with van der Waals surface area (Å²) in [4.78, 5) is 13.2. The van der Waals surface area contributed by atoms with Crippen LogP contribution in [0.3, 0.4) is 0 Å². The zero-order valence-electron chi connectivity index (χ0n) is 7.25. The first-order valence-electron chi connectivity index (χ1n) is 4.41. The maximum Gasteiger partial charge on any atom is 0.317 e. The highest BCUT2D eigenvalue weighted by atomic mass is 16.5. The number of rotatable bonds is 1. The molecule has 0 radical (unpaired) electrons. The lowest BCUT2D eigenvalue weighted by Crippen LogP contribution is -2.41. The van der Waals surface area contributed by atoms with Crippen LogP contribution < -0.4 is 5.32 Å². The van der Waals surface area contributed by atoms with E-state index in [2.05, 4.69) is 12.2 Å². The quantitative estimate of drug-likeness (QED) is 0.604. The Bertz CT molecular complexity index is 195. The standard InChI is InChI=1S/C8H14N2O2/c1-6-4-12-5-7(6)10-3-2-9-8(10)11/h6-7H,2-5H2,1H3,(H,9,11). The van der Waals surface area contributed by atoms with Crippen molar-refractivity contribution in [3.8, 4) is 0 Å². The molecule has 0 aromatic rings. The summed E-state index contributed by atoms with van der Waals surface area (Å²) in [5.41, 5.74) is 0. The van der Waals surface area contributed by atoms with Crippen LogP contribution in [0.4, 0.5) is 4.79 Å². The van der Waals surface area contributed by atoms with Crippen molar-refractivity contribution in [1.29, 1.82) is 0 Å². The molecule has 2 heterocycles. The molecule has 0 aromatic heterocycles. The van der Waals surface area contributed by atoms with Crippen molar-refractivity contribution >= 4 is 6.03 Å². The second-order valence-corrected chi connectivity index (χ2v) is 3.51. The van der Waals surface area contributed by atoms with Gasteiger partial charge in [0.2, 0.25) is 0 Å². The van der Waals surface area contributed by atoms with Gasteiger partial charge in [0.25, 0.3) is 0 Å². The van der Waals surface area contributed by atoms with Crippen LogP contribution in [0.5, 0.6) is 0 Å². The third-order valence-electron chi connectivity index (χ3n) is 2.62. The molecule has 0 spiro atoms. The third-order valence-corrected chi connectivity index (χ3v) is 2.62. The molecule has 4 heteroatoms. The molecule has 4 nitrogen and oxygen atoms in total. The van der Waals surface area contributed by atoms with E-state index in [0.29, 0.717) is 18.6 Å². The Labute approximate surface area is 71.9 Å². The average Bonchev–Trinajstić information content (AvgIpc) is 2.59. The minimum atomic E-state index is 0.0670. The lowest BCUT2D eigenvalue weighted by atomic mass is 10.1. The summed E-state index contributed by atoms with van der Waals surface area (Å²) in [5.74, 6) is 0.480. The Morgan fingerprint density at radius 1 is 1.58 bits per heavy atom. The normalized spacial score (nSPS) is 35.8. The van der Waals surface area contributed by atoms with Crippen molar-refractivity contribution < 1.29 is 9.53 Å². The highest BCUT2D eigenvalue weighted by Gasteiger charge is 2.34. The summed E-state index contributed by atoms with van der Waals surface area (Å²) in [6.07, 6.45) is 0. The average molecular weight is 170 g/mol. The smallest absolute Gasteiger partial charge is 0.317 e. The van der Waals surface area contributed by atoms with Gasteiger partial charge in [0.15, 0.2) is 0 Å². The number of ether oxygens (including phenoxy) is 1. The molecule has 0 bridgehead atoms. The second-order valence-electron chi connectivity index (χ2n) is 3.51. The van der Waals surface area contributed by atoms with Gasteiger partial charge >= 0.3 is 6.03 Å². The molecule has 2 rings (SSSR count). The topological polar surface area (TPSA) is 41.6 Å². The minimum Gasteiger partial charge on any atom is -0.379 e. The van der Waals surface area contributed by atoms with E-state index < -0.39 is 0 Å². The molecular weight excluding hydrogens is 156 g/mol. The number of urea groups is 1. The summed E-state index contributed by atoms with van der Waals surface area (Å²) in [6.45, 7) is 5.23. The van der Waals surface area contributed by atoms with Gasteiger partial charge in [-0.05, 0) is 0 Å². The highest BCUT2D eigenvalue weighted by molar-refractivity contribution is 5.76. The fourth-order valence-electron chi connectivity index (χ4n) is 1.85. The van der Waals surface area contributed by atoms with Gasteiger partial charge in [-0.2, -0.15) is 0 Å². The Morgan fingerprint density at radius 3 is 2.92 bits per heavy atom. The van der Waals surface area contributed by atoms with Crippen LogP contribution in [0.15, 0.2) is 0 Å². The van der Waals surface area contributed by atoms with Gasteiger partial charge in [-0.25, -0.2) is 4.79 Å². The molecule has 12 heavy (non-hydrogen) atoms. The first-order chi connectivity index (χ1) is 5.79. The van der Waals surface area contributed by atoms with Gasteiger partial charge in [0.05, 0.1) is 19.3 Å². The Hall–Kier alpha value is -0.770. The van der Waals surface area contributed by atoms with Gasteiger partial charge < -0.3 is 15.0 Å². The van der Waals surface area contributed by atoms with E-state index >= 15 is 0 Å². The molecule has 2 aliphatic rings. The molecule has 0 aromatic carbocycles. The van der Waals surface area contributed by atoms with Crippen molar-refractivity contribution in [2.45, 2.75) is 13.0 Å². The van der Waals surface area contributed by atoms with Crippen molar-refractivity contribution in [2.24, 2.45) is 5.92 Å². The zero-order chi connectivity index (χ0) is 8.55. The number of hydrogen-bond acceptors (Lipinski definition) is 2. The molecule has 2 aliphatic heterocycles. The number of nitrogens with zero attached hydrogens (tertiary/aromatic N) is 1. The van der Waals surface area contributed by atoms with Crippen LogP contribution >= 0.6 is 0 Å². The molecule has 2 saturated heterocycles. The Kier molecular flexibility index (Phi) is 1.92. The number of amides is 2. The Balaban J connectivity index is 2.03. The first-order valence-corrected chi connectivity index (χ1v) is 4.41. The van der Waals surface area contributed by atoms with Crippen LogP contribution in [0, 0.1) is 5.92 Å². The van der Waals surface area contributed by atoms with Gasteiger partial charge in [0.1, 0.15) is 0 Å². The van der Waals surface area contributed by atoms with Crippen molar-refractivity contribution in [1.82, 2.24) is 10.2 Å². The maximum absolute atomic E-state index is 11.3. The SMILES string of the molecule is CC1COCC1N1CCNC1=O. The third kappa shape index (κ3) is 1.16. The van der Waals surface area contributed by atoms with E-state index in [1.54, 1.807) is 0 Å². The van der Waals surface area contributed by atoms with Gasteiger partial charge in [0, 0.05) is 19.0 Å². The second kappa shape index (κ2) is 2.94. The number of carbonyl (C=O) groups is 1. The highest BCUT2D eigenvalue weighted by Crippen LogP contribution is 2.20. The summed E-state index contributed by atoms with van der Waals surface area (Å²) in [6, 6.07) is 0.366. The van der Waals surface area contributed by atoms with E-state index in [0.717, 1.165) is 19.7 Å². The molecule has 68 valence electrons. The molecular formula is C8H14N2O2. The molecule has 0 saturated carbocycles. The summed E-state index contributed by atoms with van der Waals surface area (Å²) >= 11 is 0. The Morgan fingerprint density at radius 2 is 2.42 bits per heavy atom. The predicted molar refractivity (Wildman–Crippen MR) is 43.9 cm³/mol. The van der Waals surface area contributed by atoms with Crippen molar-refractivity contribution in [3.63, 3.8) is 0 Å². The lowest BCUT2D eigenvalue weighted by Gasteiger charge is -2.24. The van der Waals surface area contributed by atoms with Crippen LogP contribution in [0.25, 0.3) is 0 Å². The lowest BCUT2D eigenvalue weighted by molar-refractivity contribution is 0.160. The summed E-state index contributed by atoms with van der Waals surface area (Å²) < 4.78 is 5.31. The molecule has 0 aliphatic carbocycles. The van der Waals surface area contributed by atoms with E-state index in [9.17, 15) is 4.79 Å². The van der Waals surface area contributed by atoms with Crippen molar-refractivity contribution in [2.75, 3.05) is 26.3 Å². The minimum absolute atomic E-state index is 0.0670. The zero-order valence-corrected chi connectivity index (χ0v) is 7.25. The molecule has 2 unspecified atom stereocenters. The first kappa shape index (κ1) is 7.86. The molecule has 1 N–H and O–H groups in total. The van der Waals surface area contributed by atoms with E-state index in [1.165, 1.54) is 0 Å². The maximum atomic E-state index is 11.3. The predicted octanol–water partition coefficient (Wildman–Crippen LogP) is 0.0465. The van der Waals surface area contributed by atoms with E-state index in [4.69, 9.17) is 4.74 Å². The fourth-order valence-corrected chi connectivity index (χ4v) is 1.85. The fraction of sp³-hybridized carbons (Fsp3) is 0.875. The van der Waals surface area contributed by atoms with Crippen LogP contribution in [0.2, 0.25) is 0 Å². The largest absolute Gasteiger partial charge is 0.379 e. The van der Waals surface area contributed by atoms with Gasteiger partial charge in [-0.1, -0.05) is 6.92 Å². The van der Waals surface area contributed by atoms with Crippen LogP contribution in [0.1, 0.15) is 6.92 Å². The molecule has 2 amide bonds. The van der Waals surface area contributed by atoms with E-state index in [1.807, 2.05) is 4.90 Å². The summed E-state index contributed by atoms with van der Waals surface area (Å²) in [5, 5.41) is 2.80. The number of carbonyl (C=O) groups excluding carboxylic acids is 1. The van der Waals surface area contributed by atoms with E-state index in [-0.39, 0.29) is 6.03 Å². The summed E-state index contributed by atoms with van der Waals surface area (Å²) in [7, 11) is 0. The van der Waals surface area contributed by atoms with Crippen LogP contribution in [-0.4, -0.2) is 43.3 Å². The molecule has 2 fully saturated rings. The van der Waals surface area contributed by atoms with Crippen LogP contribution in [-0.2, 0) is 4.74 Å². The number of nitrogens with one attached hydrogen (secondary N) is 1. The van der Waals surface area contributed by atoms with Crippen molar-refractivity contribution in [3.05, 3.63) is 0 Å².